The normalized spacial score (nSPS) is 16.9. The number of aryl methyl sites for hydroxylation is 1. The van der Waals surface area contributed by atoms with Gasteiger partial charge in [0.1, 0.15) is 5.75 Å². The van der Waals surface area contributed by atoms with Crippen molar-refractivity contribution in [3.8, 4) is 5.75 Å². The predicted molar refractivity (Wildman–Crippen MR) is 92.9 cm³/mol. The van der Waals surface area contributed by atoms with Crippen molar-refractivity contribution in [2.45, 2.75) is 33.3 Å². The van der Waals surface area contributed by atoms with E-state index in [9.17, 15) is 4.79 Å². The molecule has 0 fully saturated rings. The molecule has 4 heteroatoms. The maximum absolute atomic E-state index is 12.8. The van der Waals surface area contributed by atoms with Crippen LogP contribution in [-0.4, -0.2) is 18.6 Å². The van der Waals surface area contributed by atoms with Crippen LogP contribution in [0.15, 0.2) is 36.4 Å². The summed E-state index contributed by atoms with van der Waals surface area (Å²) in [5.41, 5.74) is 10.9. The molecule has 2 N–H and O–H groups in total. The molecular weight excluding hydrogens is 288 g/mol. The van der Waals surface area contributed by atoms with Gasteiger partial charge in [0.15, 0.2) is 6.10 Å². The van der Waals surface area contributed by atoms with Crippen molar-refractivity contribution < 1.29 is 9.53 Å². The zero-order chi connectivity index (χ0) is 16.6. The number of benzene rings is 2. The Balaban J connectivity index is 1.95. The van der Waals surface area contributed by atoms with Gasteiger partial charge < -0.3 is 15.4 Å². The molecule has 0 radical (unpaired) electrons. The van der Waals surface area contributed by atoms with Gasteiger partial charge in [-0.05, 0) is 49.6 Å². The van der Waals surface area contributed by atoms with Gasteiger partial charge in [0, 0.05) is 24.7 Å². The molecule has 0 saturated carbocycles. The number of ether oxygens (including phenoxy) is 1. The highest BCUT2D eigenvalue weighted by atomic mass is 16.5. The fourth-order valence-electron chi connectivity index (χ4n) is 3.03. The highest BCUT2D eigenvalue weighted by Gasteiger charge is 2.34. The number of nitrogens with zero attached hydrogens (tertiary/aromatic N) is 1. The number of nitrogen functional groups attached to an aromatic ring is 1. The number of carbonyl (C=O) groups is 1. The van der Waals surface area contributed by atoms with Gasteiger partial charge in [-0.25, -0.2) is 0 Å². The molecule has 1 heterocycles. The molecule has 1 aliphatic rings. The lowest BCUT2D eigenvalue weighted by Crippen LogP contribution is -2.47. The van der Waals surface area contributed by atoms with E-state index in [4.69, 9.17) is 10.5 Å². The van der Waals surface area contributed by atoms with E-state index in [-0.39, 0.29) is 5.91 Å². The van der Waals surface area contributed by atoms with Gasteiger partial charge in [-0.1, -0.05) is 18.2 Å². The largest absolute Gasteiger partial charge is 0.478 e. The highest BCUT2D eigenvalue weighted by Crippen LogP contribution is 2.36. The van der Waals surface area contributed by atoms with Crippen LogP contribution in [0.25, 0.3) is 0 Å². The molecule has 4 nitrogen and oxygen atoms in total. The van der Waals surface area contributed by atoms with Gasteiger partial charge in [-0.3, -0.25) is 4.79 Å². The summed E-state index contributed by atoms with van der Waals surface area (Å²) in [6.45, 7) is 6.75. The van der Waals surface area contributed by atoms with Crippen LogP contribution in [0.5, 0.6) is 5.75 Å². The third kappa shape index (κ3) is 2.77. The summed E-state index contributed by atoms with van der Waals surface area (Å²) < 4.78 is 5.98. The highest BCUT2D eigenvalue weighted by molar-refractivity contribution is 6.00. The molecule has 2 aromatic carbocycles. The van der Waals surface area contributed by atoms with Gasteiger partial charge in [0.2, 0.25) is 0 Å². The van der Waals surface area contributed by atoms with Crippen molar-refractivity contribution in [2.75, 3.05) is 17.2 Å². The molecule has 0 bridgehead atoms. The standard InChI is InChI=1S/C19H22N2O2/c1-4-21-16-9-8-15(20)11-17(16)23-18(19(21)22)10-14-7-5-6-12(2)13(14)3/h5-9,11,18H,4,10,20H2,1-3H3. The molecular formula is C19H22N2O2. The van der Waals surface area contributed by atoms with E-state index in [1.807, 2.05) is 19.1 Å². The lowest BCUT2D eigenvalue weighted by Gasteiger charge is -2.34. The van der Waals surface area contributed by atoms with Crippen molar-refractivity contribution in [1.82, 2.24) is 0 Å². The van der Waals surface area contributed by atoms with Crippen LogP contribution in [-0.2, 0) is 11.2 Å². The molecule has 120 valence electrons. The monoisotopic (exact) mass is 310 g/mol. The number of amides is 1. The number of likely N-dealkylation sites (N-methyl/N-ethyl adjacent to an activating group) is 1. The lowest BCUT2D eigenvalue weighted by molar-refractivity contribution is -0.126. The molecule has 23 heavy (non-hydrogen) atoms. The van der Waals surface area contributed by atoms with E-state index in [1.54, 1.807) is 17.0 Å². The number of hydrogen-bond donors (Lipinski definition) is 1. The first-order valence-corrected chi connectivity index (χ1v) is 7.94. The zero-order valence-corrected chi connectivity index (χ0v) is 13.8. The molecule has 1 unspecified atom stereocenters. The van der Waals surface area contributed by atoms with Crippen LogP contribution in [0, 0.1) is 13.8 Å². The predicted octanol–water partition coefficient (Wildman–Crippen LogP) is 3.24. The molecule has 1 aliphatic heterocycles. The molecule has 3 rings (SSSR count). The zero-order valence-electron chi connectivity index (χ0n) is 13.8. The Morgan fingerprint density at radius 2 is 2.00 bits per heavy atom. The number of rotatable bonds is 3. The van der Waals surface area contributed by atoms with E-state index in [1.165, 1.54) is 11.1 Å². The van der Waals surface area contributed by atoms with Crippen molar-refractivity contribution in [3.63, 3.8) is 0 Å². The van der Waals surface area contributed by atoms with Crippen molar-refractivity contribution in [3.05, 3.63) is 53.1 Å². The van der Waals surface area contributed by atoms with Crippen LogP contribution in [0.1, 0.15) is 23.6 Å². The van der Waals surface area contributed by atoms with E-state index < -0.39 is 6.10 Å². The second kappa shape index (κ2) is 5.95. The van der Waals surface area contributed by atoms with Gasteiger partial charge in [-0.15, -0.1) is 0 Å². The minimum atomic E-state index is -0.509. The first-order valence-electron chi connectivity index (χ1n) is 7.94. The van der Waals surface area contributed by atoms with Crippen molar-refractivity contribution >= 4 is 17.3 Å². The first-order chi connectivity index (χ1) is 11.0. The molecule has 0 aromatic heterocycles. The van der Waals surface area contributed by atoms with Gasteiger partial charge in [0.05, 0.1) is 5.69 Å². The number of fused-ring (bicyclic) bond motifs is 1. The fraction of sp³-hybridized carbons (Fsp3) is 0.316. The molecule has 0 saturated heterocycles. The summed E-state index contributed by atoms with van der Waals surface area (Å²) in [6.07, 6.45) is 0.0571. The van der Waals surface area contributed by atoms with E-state index in [2.05, 4.69) is 26.0 Å². The number of hydrogen-bond acceptors (Lipinski definition) is 3. The number of anilines is 2. The third-order valence-electron chi connectivity index (χ3n) is 4.52. The van der Waals surface area contributed by atoms with Crippen molar-refractivity contribution in [1.29, 1.82) is 0 Å². The Bertz CT molecular complexity index is 755. The second-order valence-electron chi connectivity index (χ2n) is 5.98. The SMILES string of the molecule is CCN1C(=O)C(Cc2cccc(C)c2C)Oc2cc(N)ccc21. The Kier molecular flexibility index (Phi) is 3.99. The summed E-state index contributed by atoms with van der Waals surface area (Å²) in [5, 5.41) is 0. The summed E-state index contributed by atoms with van der Waals surface area (Å²) in [6, 6.07) is 11.6. The minimum absolute atomic E-state index is 0.00526. The summed E-state index contributed by atoms with van der Waals surface area (Å²) >= 11 is 0. The minimum Gasteiger partial charge on any atom is -0.478 e. The Morgan fingerprint density at radius 3 is 2.74 bits per heavy atom. The third-order valence-corrected chi connectivity index (χ3v) is 4.52. The van der Waals surface area contributed by atoms with E-state index in [0.29, 0.717) is 24.4 Å². The van der Waals surface area contributed by atoms with Crippen LogP contribution in [0.2, 0.25) is 0 Å². The van der Waals surface area contributed by atoms with E-state index >= 15 is 0 Å². The molecule has 1 amide bonds. The van der Waals surface area contributed by atoms with Crippen LogP contribution >= 0.6 is 0 Å². The molecule has 0 spiro atoms. The molecule has 0 aliphatic carbocycles. The van der Waals surface area contributed by atoms with E-state index in [0.717, 1.165) is 11.3 Å². The smallest absolute Gasteiger partial charge is 0.268 e. The average molecular weight is 310 g/mol. The van der Waals surface area contributed by atoms with Gasteiger partial charge in [-0.2, -0.15) is 0 Å². The van der Waals surface area contributed by atoms with Crippen molar-refractivity contribution in [2.24, 2.45) is 0 Å². The average Bonchev–Trinajstić information content (AvgIpc) is 2.53. The summed E-state index contributed by atoms with van der Waals surface area (Å²) in [5.74, 6) is 0.687. The fourth-order valence-corrected chi connectivity index (χ4v) is 3.03. The van der Waals surface area contributed by atoms with Gasteiger partial charge in [0.25, 0.3) is 5.91 Å². The number of nitrogens with two attached hydrogens (primary N) is 1. The van der Waals surface area contributed by atoms with Crippen LogP contribution < -0.4 is 15.4 Å². The Morgan fingerprint density at radius 1 is 1.22 bits per heavy atom. The quantitative estimate of drug-likeness (QED) is 0.885. The van der Waals surface area contributed by atoms with Crippen LogP contribution in [0.3, 0.4) is 0 Å². The molecule has 1 atom stereocenters. The second-order valence-corrected chi connectivity index (χ2v) is 5.98. The van der Waals surface area contributed by atoms with Crippen LogP contribution in [0.4, 0.5) is 11.4 Å². The molecule has 2 aromatic rings. The first kappa shape index (κ1) is 15.4. The maximum atomic E-state index is 12.8. The lowest BCUT2D eigenvalue weighted by atomic mass is 9.97. The van der Waals surface area contributed by atoms with Gasteiger partial charge >= 0.3 is 0 Å². The topological polar surface area (TPSA) is 55.6 Å². The Labute approximate surface area is 136 Å². The number of carbonyl (C=O) groups excluding carboxylic acids is 1. The summed E-state index contributed by atoms with van der Waals surface area (Å²) in [7, 11) is 0. The maximum Gasteiger partial charge on any atom is 0.268 e. The summed E-state index contributed by atoms with van der Waals surface area (Å²) in [4.78, 5) is 14.5. The Hall–Kier alpha value is -2.49.